The first-order valence-corrected chi connectivity index (χ1v) is 10.7. The molecular weight excluding hydrogens is 398 g/mol. The fourth-order valence-electron chi connectivity index (χ4n) is 3.51. The first-order valence-electron chi connectivity index (χ1n) is 9.68. The topological polar surface area (TPSA) is 86.6 Å². The summed E-state index contributed by atoms with van der Waals surface area (Å²) >= 11 is 1.53. The van der Waals surface area contributed by atoms with Crippen LogP contribution in [0.2, 0.25) is 0 Å². The summed E-state index contributed by atoms with van der Waals surface area (Å²) < 4.78 is 0. The van der Waals surface area contributed by atoms with Crippen molar-refractivity contribution >= 4 is 29.1 Å². The molecule has 1 unspecified atom stereocenters. The summed E-state index contributed by atoms with van der Waals surface area (Å²) in [5.41, 5.74) is 3.10. The molecule has 30 heavy (non-hydrogen) atoms. The molecule has 1 heterocycles. The second kappa shape index (κ2) is 8.63. The molecule has 3 N–H and O–H groups in total. The van der Waals surface area contributed by atoms with E-state index in [-0.39, 0.29) is 23.2 Å². The summed E-state index contributed by atoms with van der Waals surface area (Å²) in [6.45, 7) is 0. The second-order valence-corrected chi connectivity index (χ2v) is 8.26. The molecule has 4 rings (SSSR count). The zero-order valence-corrected chi connectivity index (χ0v) is 17.0. The largest absolute Gasteiger partial charge is 0.504 e. The highest BCUT2D eigenvalue weighted by Crippen LogP contribution is 2.33. The Bertz CT molecular complexity index is 1110. The number of para-hydroxylation sites is 1. The number of carbonyl (C=O) groups excluding carboxylic acids is 2. The number of hydrogen-bond acceptors (Lipinski definition) is 5. The maximum atomic E-state index is 12.9. The van der Waals surface area contributed by atoms with Gasteiger partial charge in [-0.1, -0.05) is 42.5 Å². The number of phenols is 2. The van der Waals surface area contributed by atoms with Gasteiger partial charge in [-0.05, 0) is 48.2 Å². The predicted molar refractivity (Wildman–Crippen MR) is 117 cm³/mol. The van der Waals surface area contributed by atoms with Gasteiger partial charge in [0.1, 0.15) is 5.92 Å². The fraction of sp³-hybridized carbons (Fsp3) is 0.167. The number of phenolic OH excluding ortho intramolecular Hbond substituents is 2. The highest BCUT2D eigenvalue weighted by Gasteiger charge is 2.33. The molecule has 0 saturated heterocycles. The number of ketones is 1. The van der Waals surface area contributed by atoms with Crippen LogP contribution in [0.3, 0.4) is 0 Å². The third kappa shape index (κ3) is 4.19. The number of carbonyl (C=O) groups is 2. The molecule has 0 aromatic heterocycles. The van der Waals surface area contributed by atoms with E-state index in [0.29, 0.717) is 29.8 Å². The Morgan fingerprint density at radius 3 is 2.57 bits per heavy atom. The molecule has 1 aliphatic rings. The number of Topliss-reactive ketones (excluding diaryl/α,β-unsaturated/α-hetero) is 1. The average molecular weight is 420 g/mol. The van der Waals surface area contributed by atoms with Crippen LogP contribution >= 0.6 is 11.8 Å². The van der Waals surface area contributed by atoms with Gasteiger partial charge in [-0.3, -0.25) is 9.59 Å². The lowest BCUT2D eigenvalue weighted by atomic mass is 9.97. The van der Waals surface area contributed by atoms with Crippen LogP contribution in [0.15, 0.2) is 71.6 Å². The summed E-state index contributed by atoms with van der Waals surface area (Å²) in [4.78, 5) is 26.6. The minimum absolute atomic E-state index is 0.140. The molecular formula is C24H21NO4S. The van der Waals surface area contributed by atoms with Gasteiger partial charge < -0.3 is 15.5 Å². The summed E-state index contributed by atoms with van der Waals surface area (Å²) in [5, 5.41) is 22.1. The van der Waals surface area contributed by atoms with E-state index in [1.807, 2.05) is 42.5 Å². The van der Waals surface area contributed by atoms with Crippen LogP contribution in [0, 0.1) is 5.92 Å². The summed E-state index contributed by atoms with van der Waals surface area (Å²) in [5.74, 6) is -1.02. The number of hydrogen-bond donors (Lipinski definition) is 3. The number of nitrogens with one attached hydrogen (secondary N) is 1. The second-order valence-electron chi connectivity index (χ2n) is 7.19. The van der Waals surface area contributed by atoms with Crippen LogP contribution in [0.4, 0.5) is 5.69 Å². The molecule has 3 aromatic carbocycles. The van der Waals surface area contributed by atoms with E-state index in [4.69, 9.17) is 0 Å². The molecule has 6 heteroatoms. The van der Waals surface area contributed by atoms with Crippen molar-refractivity contribution in [2.75, 3.05) is 11.1 Å². The van der Waals surface area contributed by atoms with Crippen molar-refractivity contribution in [3.05, 3.63) is 83.4 Å². The number of aromatic hydroxyl groups is 2. The predicted octanol–water partition coefficient (Wildman–Crippen LogP) is 4.43. The lowest BCUT2D eigenvalue weighted by molar-refractivity contribution is -0.118. The molecule has 1 aliphatic heterocycles. The molecule has 0 saturated carbocycles. The van der Waals surface area contributed by atoms with Gasteiger partial charge in [0.25, 0.3) is 0 Å². The van der Waals surface area contributed by atoms with Crippen LogP contribution in [0.1, 0.15) is 21.5 Å². The summed E-state index contributed by atoms with van der Waals surface area (Å²) in [7, 11) is 0. The normalized spacial score (nSPS) is 15.5. The average Bonchev–Trinajstić information content (AvgIpc) is 2.76. The van der Waals surface area contributed by atoms with Gasteiger partial charge in [-0.2, -0.15) is 0 Å². The molecule has 0 spiro atoms. The number of aryl methyl sites for hydroxylation is 2. The Kier molecular flexibility index (Phi) is 5.77. The number of thioether (sulfide) groups is 1. The number of anilines is 1. The number of benzene rings is 3. The van der Waals surface area contributed by atoms with E-state index < -0.39 is 5.92 Å². The van der Waals surface area contributed by atoms with Gasteiger partial charge in [0, 0.05) is 21.9 Å². The third-order valence-electron chi connectivity index (χ3n) is 5.19. The van der Waals surface area contributed by atoms with Crippen molar-refractivity contribution in [3.8, 4) is 11.5 Å². The Morgan fingerprint density at radius 2 is 1.73 bits per heavy atom. The van der Waals surface area contributed by atoms with Crippen LogP contribution in [-0.4, -0.2) is 27.7 Å². The van der Waals surface area contributed by atoms with Crippen molar-refractivity contribution < 1.29 is 19.8 Å². The van der Waals surface area contributed by atoms with Gasteiger partial charge in [0.05, 0.1) is 0 Å². The molecule has 1 atom stereocenters. The third-order valence-corrected chi connectivity index (χ3v) is 6.36. The number of fused-ring (bicyclic) bond motifs is 1. The molecule has 5 nitrogen and oxygen atoms in total. The van der Waals surface area contributed by atoms with E-state index in [1.54, 1.807) is 12.1 Å². The zero-order chi connectivity index (χ0) is 21.1. The van der Waals surface area contributed by atoms with Crippen molar-refractivity contribution in [1.29, 1.82) is 0 Å². The highest BCUT2D eigenvalue weighted by molar-refractivity contribution is 7.99. The van der Waals surface area contributed by atoms with Crippen LogP contribution in [-0.2, 0) is 17.6 Å². The Balaban J connectivity index is 1.47. The maximum absolute atomic E-state index is 12.9. The van der Waals surface area contributed by atoms with Gasteiger partial charge >= 0.3 is 0 Å². The Morgan fingerprint density at radius 1 is 0.967 bits per heavy atom. The van der Waals surface area contributed by atoms with Crippen molar-refractivity contribution in [3.63, 3.8) is 0 Å². The van der Waals surface area contributed by atoms with Gasteiger partial charge in [-0.25, -0.2) is 0 Å². The lowest BCUT2D eigenvalue weighted by Gasteiger charge is -2.22. The van der Waals surface area contributed by atoms with E-state index >= 15 is 0 Å². The van der Waals surface area contributed by atoms with Crippen molar-refractivity contribution in [2.24, 2.45) is 5.92 Å². The minimum Gasteiger partial charge on any atom is -0.504 e. The Hall–Kier alpha value is -3.25. The quantitative estimate of drug-likeness (QED) is 0.421. The first-order chi connectivity index (χ1) is 14.5. The molecule has 0 radical (unpaired) electrons. The van der Waals surface area contributed by atoms with Gasteiger partial charge in [0.2, 0.25) is 5.91 Å². The summed E-state index contributed by atoms with van der Waals surface area (Å²) in [6.07, 6.45) is 1.27. The van der Waals surface area contributed by atoms with Crippen molar-refractivity contribution in [2.45, 2.75) is 17.7 Å². The van der Waals surface area contributed by atoms with Gasteiger partial charge in [0.15, 0.2) is 17.3 Å². The SMILES string of the molecule is O=C(Nc1ccccc1CCc1ccc(O)c(O)c1)C1CSc2ccccc2C1=O. The van der Waals surface area contributed by atoms with Crippen molar-refractivity contribution in [1.82, 2.24) is 0 Å². The zero-order valence-electron chi connectivity index (χ0n) is 16.2. The standard InChI is InChI=1S/C24H21NO4S/c26-20-12-10-15(13-21(20)27)9-11-16-5-1-3-7-19(16)25-24(29)18-14-30-22-8-4-2-6-17(22)23(18)28/h1-8,10,12-13,18,26-27H,9,11,14H2,(H,25,29). The fourth-order valence-corrected chi connectivity index (χ4v) is 4.66. The molecule has 1 amide bonds. The molecule has 152 valence electrons. The monoisotopic (exact) mass is 419 g/mol. The minimum atomic E-state index is -0.716. The van der Waals surface area contributed by atoms with Gasteiger partial charge in [-0.15, -0.1) is 11.8 Å². The molecule has 0 aliphatic carbocycles. The molecule has 3 aromatic rings. The highest BCUT2D eigenvalue weighted by atomic mass is 32.2. The molecule has 0 fully saturated rings. The number of rotatable bonds is 5. The smallest absolute Gasteiger partial charge is 0.236 e. The van der Waals surface area contributed by atoms with E-state index in [2.05, 4.69) is 5.32 Å². The first kappa shape index (κ1) is 20.0. The van der Waals surface area contributed by atoms with E-state index in [1.165, 1.54) is 23.9 Å². The van der Waals surface area contributed by atoms with E-state index in [0.717, 1.165) is 16.0 Å². The van der Waals surface area contributed by atoms with Crippen LogP contribution < -0.4 is 5.32 Å². The lowest BCUT2D eigenvalue weighted by Crippen LogP contribution is -2.34. The Labute approximate surface area is 178 Å². The number of amides is 1. The van der Waals surface area contributed by atoms with Crippen LogP contribution in [0.5, 0.6) is 11.5 Å². The maximum Gasteiger partial charge on any atom is 0.236 e. The van der Waals surface area contributed by atoms with E-state index in [9.17, 15) is 19.8 Å². The van der Waals surface area contributed by atoms with Crippen LogP contribution in [0.25, 0.3) is 0 Å². The molecule has 0 bridgehead atoms. The summed E-state index contributed by atoms with van der Waals surface area (Å²) in [6, 6.07) is 19.6.